The highest BCUT2D eigenvalue weighted by atomic mass is 16.5. The zero-order chi connectivity index (χ0) is 11.0. The smallest absolute Gasteiger partial charge is 0.318 e. The third kappa shape index (κ3) is 7.51. The molecular formula is C8H17N3O3. The zero-order valence-electron chi connectivity index (χ0n) is 8.50. The predicted molar refractivity (Wildman–Crippen MR) is 51.6 cm³/mol. The van der Waals surface area contributed by atoms with Crippen LogP contribution in [-0.4, -0.2) is 38.7 Å². The summed E-state index contributed by atoms with van der Waals surface area (Å²) in [5.41, 5.74) is 4.75. The fourth-order valence-corrected chi connectivity index (χ4v) is 0.957. The maximum atomic E-state index is 10.9. The number of carbonyl (C=O) groups is 2. The molecule has 0 rings (SSSR count). The van der Waals surface area contributed by atoms with Crippen LogP contribution in [0.5, 0.6) is 0 Å². The molecule has 3 amide bonds. The monoisotopic (exact) mass is 203 g/mol. The van der Waals surface area contributed by atoms with E-state index in [9.17, 15) is 9.59 Å². The average molecular weight is 203 g/mol. The summed E-state index contributed by atoms with van der Waals surface area (Å²) in [5.74, 6) is -0.108. The summed E-state index contributed by atoms with van der Waals surface area (Å²) < 4.78 is 4.91. The number of hydrogen-bond donors (Lipinski definition) is 3. The number of nitrogens with two attached hydrogens (primary N) is 1. The van der Waals surface area contributed by atoms with E-state index in [4.69, 9.17) is 10.5 Å². The van der Waals surface area contributed by atoms with Crippen LogP contribution in [0.3, 0.4) is 0 Å². The Morgan fingerprint density at radius 3 is 2.64 bits per heavy atom. The number of ether oxygens (including phenoxy) is 1. The van der Waals surface area contributed by atoms with Crippen molar-refractivity contribution in [1.29, 1.82) is 0 Å². The number of carbonyl (C=O) groups excluding carboxylic acids is 2. The summed E-state index contributed by atoms with van der Waals surface area (Å²) in [6.07, 6.45) is 0. The van der Waals surface area contributed by atoms with Crippen LogP contribution in [0.2, 0.25) is 0 Å². The van der Waals surface area contributed by atoms with Gasteiger partial charge in [-0.25, -0.2) is 4.79 Å². The van der Waals surface area contributed by atoms with Crippen molar-refractivity contribution < 1.29 is 14.3 Å². The molecule has 0 aliphatic heterocycles. The second-order valence-corrected chi connectivity index (χ2v) is 3.10. The van der Waals surface area contributed by atoms with E-state index in [0.29, 0.717) is 19.1 Å². The first-order valence-corrected chi connectivity index (χ1v) is 4.35. The van der Waals surface area contributed by atoms with Crippen LogP contribution in [0.15, 0.2) is 0 Å². The Hall–Kier alpha value is -1.14. The van der Waals surface area contributed by atoms with E-state index in [1.165, 1.54) is 0 Å². The van der Waals surface area contributed by atoms with E-state index in [1.807, 2.05) is 12.2 Å². The van der Waals surface area contributed by atoms with Crippen LogP contribution >= 0.6 is 0 Å². The van der Waals surface area contributed by atoms with Crippen molar-refractivity contribution >= 4 is 11.9 Å². The van der Waals surface area contributed by atoms with Crippen molar-refractivity contribution in [3.8, 4) is 0 Å². The first-order valence-electron chi connectivity index (χ1n) is 4.35. The Labute approximate surface area is 83.2 Å². The van der Waals surface area contributed by atoms with Crippen LogP contribution in [0, 0.1) is 5.92 Å². The second-order valence-electron chi connectivity index (χ2n) is 3.10. The lowest BCUT2D eigenvalue weighted by Gasteiger charge is -2.10. The molecule has 0 fully saturated rings. The van der Waals surface area contributed by atoms with Gasteiger partial charge >= 0.3 is 6.03 Å². The fourth-order valence-electron chi connectivity index (χ4n) is 0.957. The molecule has 0 saturated carbocycles. The van der Waals surface area contributed by atoms with E-state index < -0.39 is 11.9 Å². The Bertz CT molecular complexity index is 196. The summed E-state index contributed by atoms with van der Waals surface area (Å²) >= 11 is 0. The number of primary amides is 1. The topological polar surface area (TPSA) is 93.4 Å². The molecule has 1 unspecified atom stereocenters. The van der Waals surface area contributed by atoms with Crippen LogP contribution in [0.4, 0.5) is 4.79 Å². The Kier molecular flexibility index (Phi) is 6.69. The summed E-state index contributed by atoms with van der Waals surface area (Å²) in [7, 11) is 1.62. The molecule has 0 heterocycles. The second kappa shape index (κ2) is 7.28. The molecule has 82 valence electrons. The molecule has 0 aromatic heterocycles. The van der Waals surface area contributed by atoms with Gasteiger partial charge in [0.2, 0.25) is 5.91 Å². The molecule has 0 aliphatic carbocycles. The van der Waals surface area contributed by atoms with Gasteiger partial charge in [-0.1, -0.05) is 6.92 Å². The fraction of sp³-hybridized carbons (Fsp3) is 0.750. The van der Waals surface area contributed by atoms with Gasteiger partial charge in [0.25, 0.3) is 0 Å². The van der Waals surface area contributed by atoms with Gasteiger partial charge < -0.3 is 15.8 Å². The number of rotatable bonds is 6. The minimum Gasteiger partial charge on any atom is -0.384 e. The molecule has 4 N–H and O–H groups in total. The first-order chi connectivity index (χ1) is 6.56. The number of amides is 3. The van der Waals surface area contributed by atoms with E-state index in [2.05, 4.69) is 5.32 Å². The van der Waals surface area contributed by atoms with Gasteiger partial charge in [-0.15, -0.1) is 0 Å². The normalized spacial score (nSPS) is 12.1. The van der Waals surface area contributed by atoms with Crippen molar-refractivity contribution in [2.24, 2.45) is 11.7 Å². The summed E-state index contributed by atoms with van der Waals surface area (Å²) in [5, 5.41) is 4.83. The molecule has 1 atom stereocenters. The maximum Gasteiger partial charge on any atom is 0.318 e. The highest BCUT2D eigenvalue weighted by molar-refractivity contribution is 5.94. The number of nitrogens with one attached hydrogen (secondary N) is 2. The van der Waals surface area contributed by atoms with Crippen LogP contribution in [0.1, 0.15) is 6.92 Å². The predicted octanol–water partition coefficient (Wildman–Crippen LogP) is -0.947. The van der Waals surface area contributed by atoms with Crippen molar-refractivity contribution in [2.75, 3.05) is 26.8 Å². The minimum atomic E-state index is -0.832. The van der Waals surface area contributed by atoms with Gasteiger partial charge in [-0.05, 0) is 5.92 Å². The lowest BCUT2D eigenvalue weighted by atomic mass is 10.2. The standard InChI is InChI=1S/C8H17N3O3/c1-6(5-14-2)3-10-4-7(12)11-8(9)13/h6,10H,3-5H2,1-2H3,(H3,9,11,12,13). The van der Waals surface area contributed by atoms with Crippen molar-refractivity contribution in [3.63, 3.8) is 0 Å². The van der Waals surface area contributed by atoms with Gasteiger partial charge in [0.15, 0.2) is 0 Å². The third-order valence-electron chi connectivity index (χ3n) is 1.49. The van der Waals surface area contributed by atoms with Crippen molar-refractivity contribution in [1.82, 2.24) is 10.6 Å². The molecule has 6 nitrogen and oxygen atoms in total. The lowest BCUT2D eigenvalue weighted by molar-refractivity contribution is -0.119. The first kappa shape index (κ1) is 12.9. The quantitative estimate of drug-likeness (QED) is 0.519. The molecule has 0 aliphatic rings. The van der Waals surface area contributed by atoms with E-state index >= 15 is 0 Å². The van der Waals surface area contributed by atoms with E-state index in [-0.39, 0.29) is 6.54 Å². The molecule has 6 heteroatoms. The molecular weight excluding hydrogens is 186 g/mol. The molecule has 0 aromatic carbocycles. The lowest BCUT2D eigenvalue weighted by Crippen LogP contribution is -2.41. The largest absolute Gasteiger partial charge is 0.384 e. The molecule has 0 radical (unpaired) electrons. The van der Waals surface area contributed by atoms with Gasteiger partial charge in [0, 0.05) is 20.3 Å². The molecule has 0 bridgehead atoms. The van der Waals surface area contributed by atoms with Crippen molar-refractivity contribution in [3.05, 3.63) is 0 Å². The molecule has 0 saturated heterocycles. The van der Waals surface area contributed by atoms with E-state index in [1.54, 1.807) is 7.11 Å². The van der Waals surface area contributed by atoms with Gasteiger partial charge in [-0.2, -0.15) is 0 Å². The Balaban J connectivity index is 3.44. The summed E-state index contributed by atoms with van der Waals surface area (Å²) in [4.78, 5) is 21.1. The maximum absolute atomic E-state index is 10.9. The summed E-state index contributed by atoms with van der Waals surface area (Å²) in [6, 6.07) is -0.832. The van der Waals surface area contributed by atoms with Gasteiger partial charge in [0.1, 0.15) is 0 Å². The van der Waals surface area contributed by atoms with Crippen LogP contribution < -0.4 is 16.4 Å². The summed E-state index contributed by atoms with van der Waals surface area (Å²) in [6.45, 7) is 3.35. The Morgan fingerprint density at radius 2 is 2.14 bits per heavy atom. The Morgan fingerprint density at radius 1 is 1.50 bits per heavy atom. The molecule has 0 aromatic rings. The van der Waals surface area contributed by atoms with E-state index in [0.717, 1.165) is 0 Å². The van der Waals surface area contributed by atoms with Crippen molar-refractivity contribution in [2.45, 2.75) is 6.92 Å². The minimum absolute atomic E-state index is 0.0804. The van der Waals surface area contributed by atoms with Gasteiger partial charge in [0.05, 0.1) is 6.54 Å². The number of imide groups is 1. The third-order valence-corrected chi connectivity index (χ3v) is 1.49. The van der Waals surface area contributed by atoms with Gasteiger partial charge in [-0.3, -0.25) is 10.1 Å². The number of hydrogen-bond acceptors (Lipinski definition) is 4. The number of urea groups is 1. The number of methoxy groups -OCH3 is 1. The average Bonchev–Trinajstić information content (AvgIpc) is 2.02. The SMILES string of the molecule is COCC(C)CNCC(=O)NC(N)=O. The zero-order valence-corrected chi connectivity index (χ0v) is 8.50. The highest BCUT2D eigenvalue weighted by Gasteiger charge is 2.05. The van der Waals surface area contributed by atoms with Crippen LogP contribution in [-0.2, 0) is 9.53 Å². The van der Waals surface area contributed by atoms with Crippen LogP contribution in [0.25, 0.3) is 0 Å². The molecule has 14 heavy (non-hydrogen) atoms. The molecule has 0 spiro atoms. The highest BCUT2D eigenvalue weighted by Crippen LogP contribution is 1.91.